The largest absolute Gasteiger partial charge is 0.326 e. The smallest absolute Gasteiger partial charge is 0.229 e. The summed E-state index contributed by atoms with van der Waals surface area (Å²) in [6.07, 6.45) is 5.03. The number of nitrogens with two attached hydrogens (primary N) is 1. The van der Waals surface area contributed by atoms with Crippen molar-refractivity contribution in [1.82, 2.24) is 4.98 Å². The Bertz CT molecular complexity index is 1060. The number of benzene rings is 2. The Kier molecular flexibility index (Phi) is 5.56. The second-order valence-electron chi connectivity index (χ2n) is 8.65. The van der Waals surface area contributed by atoms with Gasteiger partial charge in [-0.2, -0.15) is 0 Å². The molecule has 1 aliphatic carbocycles. The minimum atomic E-state index is -0.542. The number of halogens is 1. The van der Waals surface area contributed by atoms with Crippen molar-refractivity contribution in [3.05, 3.63) is 71.7 Å². The first kappa shape index (κ1) is 20.5. The Morgan fingerprint density at radius 2 is 1.87 bits per heavy atom. The highest BCUT2D eigenvalue weighted by atomic mass is 19.1. The molecule has 1 amide bonds. The molecule has 2 aromatic carbocycles. The van der Waals surface area contributed by atoms with Crippen molar-refractivity contribution >= 4 is 22.5 Å². The molecule has 1 fully saturated rings. The van der Waals surface area contributed by atoms with Crippen molar-refractivity contribution in [2.75, 3.05) is 5.32 Å². The number of nitrogens with one attached hydrogen (secondary N) is 1. The number of fused-ring (bicyclic) bond motifs is 1. The summed E-state index contributed by atoms with van der Waals surface area (Å²) in [6, 6.07) is 14.5. The fourth-order valence-corrected chi connectivity index (χ4v) is 4.54. The zero-order valence-electron chi connectivity index (χ0n) is 17.5. The lowest BCUT2D eigenvalue weighted by atomic mass is 9.69. The summed E-state index contributed by atoms with van der Waals surface area (Å²) in [5.41, 5.74) is 10.1. The summed E-state index contributed by atoms with van der Waals surface area (Å²) in [4.78, 5) is 17.2. The minimum Gasteiger partial charge on any atom is -0.326 e. The molecule has 0 saturated heterocycles. The molecule has 0 aliphatic heterocycles. The number of hydrogen-bond acceptors (Lipinski definition) is 3. The number of anilines is 1. The highest BCUT2D eigenvalue weighted by Gasteiger charge is 2.40. The van der Waals surface area contributed by atoms with Crippen LogP contribution in [0.1, 0.15) is 49.7 Å². The molecule has 4 nitrogen and oxygen atoms in total. The molecule has 5 heteroatoms. The van der Waals surface area contributed by atoms with Gasteiger partial charge in [0.1, 0.15) is 5.82 Å². The standard InChI is InChI=1S/C25H28FN3O/c1-16-3-6-20(7-4-16)29-24(30)17(2)25(27)12-9-18(10-13-25)21-11-14-28-23-8-5-19(26)15-22(21)23/h3-8,11,14-15,17-18H,9-10,12-13,27H2,1-2H3,(H,29,30)/t17-,18-,25-/m0/s1. The van der Waals surface area contributed by atoms with Gasteiger partial charge in [-0.3, -0.25) is 9.78 Å². The van der Waals surface area contributed by atoms with E-state index in [-0.39, 0.29) is 17.6 Å². The van der Waals surface area contributed by atoms with E-state index in [9.17, 15) is 9.18 Å². The van der Waals surface area contributed by atoms with Crippen LogP contribution in [0.15, 0.2) is 54.7 Å². The molecular weight excluding hydrogens is 377 g/mol. The van der Waals surface area contributed by atoms with Gasteiger partial charge in [0, 0.05) is 22.8 Å². The van der Waals surface area contributed by atoms with E-state index in [1.807, 2.05) is 44.2 Å². The van der Waals surface area contributed by atoms with E-state index in [2.05, 4.69) is 10.3 Å². The van der Waals surface area contributed by atoms with Crippen LogP contribution in [0.5, 0.6) is 0 Å². The summed E-state index contributed by atoms with van der Waals surface area (Å²) in [5.74, 6) is -0.300. The Hall–Kier alpha value is -2.79. The van der Waals surface area contributed by atoms with Gasteiger partial charge in [-0.1, -0.05) is 24.6 Å². The third-order valence-electron chi connectivity index (χ3n) is 6.67. The fraction of sp³-hybridized carbons (Fsp3) is 0.360. The second-order valence-corrected chi connectivity index (χ2v) is 8.65. The lowest BCUT2D eigenvalue weighted by Crippen LogP contribution is -2.52. The predicted molar refractivity (Wildman–Crippen MR) is 119 cm³/mol. The van der Waals surface area contributed by atoms with Gasteiger partial charge in [0.25, 0.3) is 0 Å². The number of aryl methyl sites for hydroxylation is 1. The van der Waals surface area contributed by atoms with Gasteiger partial charge in [0.2, 0.25) is 5.91 Å². The quantitative estimate of drug-likeness (QED) is 0.618. The average molecular weight is 406 g/mol. The van der Waals surface area contributed by atoms with Crippen LogP contribution in [-0.4, -0.2) is 16.4 Å². The number of carbonyl (C=O) groups excluding carboxylic acids is 1. The van der Waals surface area contributed by atoms with Crippen molar-refractivity contribution in [1.29, 1.82) is 0 Å². The van der Waals surface area contributed by atoms with Crippen LogP contribution in [0, 0.1) is 18.7 Å². The summed E-state index contributed by atoms with van der Waals surface area (Å²) >= 11 is 0. The lowest BCUT2D eigenvalue weighted by molar-refractivity contribution is -0.121. The normalized spacial score (nSPS) is 22.6. The number of rotatable bonds is 4. The molecular formula is C25H28FN3O. The molecule has 0 spiro atoms. The maximum atomic E-state index is 13.8. The van der Waals surface area contributed by atoms with Crippen molar-refractivity contribution in [3.8, 4) is 0 Å². The fourth-order valence-electron chi connectivity index (χ4n) is 4.54. The molecule has 1 heterocycles. The number of aromatic nitrogens is 1. The van der Waals surface area contributed by atoms with Crippen LogP contribution >= 0.6 is 0 Å². The van der Waals surface area contributed by atoms with Gasteiger partial charge in [-0.15, -0.1) is 0 Å². The molecule has 1 saturated carbocycles. The molecule has 0 unspecified atom stereocenters. The molecule has 4 rings (SSSR count). The second kappa shape index (κ2) is 8.15. The Morgan fingerprint density at radius 1 is 1.17 bits per heavy atom. The highest BCUT2D eigenvalue weighted by molar-refractivity contribution is 5.93. The predicted octanol–water partition coefficient (Wildman–Crippen LogP) is 5.31. The van der Waals surface area contributed by atoms with Crippen molar-refractivity contribution in [2.24, 2.45) is 11.7 Å². The molecule has 1 aliphatic rings. The molecule has 156 valence electrons. The van der Waals surface area contributed by atoms with Gasteiger partial charge in [0.05, 0.1) is 11.4 Å². The van der Waals surface area contributed by atoms with Crippen LogP contribution in [0.2, 0.25) is 0 Å². The number of carbonyl (C=O) groups is 1. The van der Waals surface area contributed by atoms with Crippen LogP contribution in [0.4, 0.5) is 10.1 Å². The van der Waals surface area contributed by atoms with Crippen LogP contribution < -0.4 is 11.1 Å². The van der Waals surface area contributed by atoms with E-state index in [0.29, 0.717) is 5.92 Å². The number of amides is 1. The van der Waals surface area contributed by atoms with E-state index in [1.165, 1.54) is 6.07 Å². The lowest BCUT2D eigenvalue weighted by Gasteiger charge is -2.41. The van der Waals surface area contributed by atoms with Gasteiger partial charge in [-0.25, -0.2) is 4.39 Å². The zero-order valence-corrected chi connectivity index (χ0v) is 17.5. The molecule has 0 bridgehead atoms. The van der Waals surface area contributed by atoms with Gasteiger partial charge >= 0.3 is 0 Å². The van der Waals surface area contributed by atoms with Crippen molar-refractivity contribution in [2.45, 2.75) is 51.0 Å². The summed E-state index contributed by atoms with van der Waals surface area (Å²) in [6.45, 7) is 3.93. The van der Waals surface area contributed by atoms with Crippen molar-refractivity contribution in [3.63, 3.8) is 0 Å². The first-order chi connectivity index (χ1) is 14.4. The molecule has 30 heavy (non-hydrogen) atoms. The number of hydrogen-bond donors (Lipinski definition) is 2. The average Bonchev–Trinajstić information content (AvgIpc) is 2.75. The molecule has 1 aromatic heterocycles. The third kappa shape index (κ3) is 4.08. The van der Waals surface area contributed by atoms with Crippen LogP contribution in [-0.2, 0) is 4.79 Å². The molecule has 3 aromatic rings. The van der Waals surface area contributed by atoms with Gasteiger partial charge in [-0.05, 0) is 80.5 Å². The van der Waals surface area contributed by atoms with Crippen LogP contribution in [0.25, 0.3) is 10.9 Å². The molecule has 1 atom stereocenters. The number of pyridine rings is 1. The monoisotopic (exact) mass is 405 g/mol. The molecule has 0 radical (unpaired) electrons. The minimum absolute atomic E-state index is 0.0452. The summed E-state index contributed by atoms with van der Waals surface area (Å²) in [5, 5.41) is 3.87. The SMILES string of the molecule is Cc1ccc(NC(=O)[C@H](C)[C@]2(N)CC[C@H](c3ccnc4ccc(F)cc43)CC2)cc1. The van der Waals surface area contributed by atoms with E-state index < -0.39 is 5.54 Å². The molecule has 3 N–H and O–H groups in total. The summed E-state index contributed by atoms with van der Waals surface area (Å²) in [7, 11) is 0. The first-order valence-electron chi connectivity index (χ1n) is 10.6. The van der Waals surface area contributed by atoms with E-state index in [0.717, 1.165) is 53.4 Å². The van der Waals surface area contributed by atoms with E-state index in [4.69, 9.17) is 5.73 Å². The number of nitrogens with zero attached hydrogens (tertiary/aromatic N) is 1. The maximum absolute atomic E-state index is 13.8. The topological polar surface area (TPSA) is 68.0 Å². The third-order valence-corrected chi connectivity index (χ3v) is 6.67. The Labute approximate surface area is 176 Å². The highest BCUT2D eigenvalue weighted by Crippen LogP contribution is 2.42. The van der Waals surface area contributed by atoms with Gasteiger partial charge in [0.15, 0.2) is 0 Å². The van der Waals surface area contributed by atoms with E-state index >= 15 is 0 Å². The first-order valence-corrected chi connectivity index (χ1v) is 10.6. The zero-order chi connectivity index (χ0) is 21.3. The van der Waals surface area contributed by atoms with Crippen LogP contribution in [0.3, 0.4) is 0 Å². The van der Waals surface area contributed by atoms with E-state index in [1.54, 1.807) is 18.3 Å². The van der Waals surface area contributed by atoms with Crippen molar-refractivity contribution < 1.29 is 9.18 Å². The Morgan fingerprint density at radius 3 is 2.57 bits per heavy atom. The summed E-state index contributed by atoms with van der Waals surface area (Å²) < 4.78 is 13.8. The maximum Gasteiger partial charge on any atom is 0.229 e. The van der Waals surface area contributed by atoms with Gasteiger partial charge < -0.3 is 11.1 Å². The Balaban J connectivity index is 1.46.